The van der Waals surface area contributed by atoms with Crippen LogP contribution in [0.25, 0.3) is 22.1 Å². The summed E-state index contributed by atoms with van der Waals surface area (Å²) in [4.78, 5) is 25.7. The molecule has 6 heteroatoms. The number of carbonyl (C=O) groups excluding carboxylic acids is 1. The van der Waals surface area contributed by atoms with Gasteiger partial charge in [0.2, 0.25) is 5.95 Å². The number of para-hydroxylation sites is 4. The first-order valence-electron chi connectivity index (χ1n) is 7.74. The Morgan fingerprint density at radius 3 is 2.50 bits per heavy atom. The molecule has 0 unspecified atom stereocenters. The van der Waals surface area contributed by atoms with Crippen LogP contribution < -0.4 is 5.32 Å². The Balaban J connectivity index is 1.70. The number of nitrogens with zero attached hydrogens (tertiary/aromatic N) is 4. The van der Waals surface area contributed by atoms with Crippen molar-refractivity contribution in [3.8, 4) is 0 Å². The molecule has 1 N–H and O–H groups in total. The molecule has 2 aromatic carbocycles. The quantitative estimate of drug-likeness (QED) is 0.629. The Bertz CT molecular complexity index is 1050. The van der Waals surface area contributed by atoms with E-state index in [1.165, 1.54) is 6.20 Å². The Labute approximate surface area is 138 Å². The monoisotopic (exact) mass is 317 g/mol. The number of anilines is 1. The zero-order valence-corrected chi connectivity index (χ0v) is 13.1. The summed E-state index contributed by atoms with van der Waals surface area (Å²) in [5.74, 6) is 0.192. The molecule has 6 nitrogen and oxygen atoms in total. The molecule has 118 valence electrons. The number of imidazole rings is 1. The highest BCUT2D eigenvalue weighted by Gasteiger charge is 2.15. The molecule has 0 aliphatic heterocycles. The summed E-state index contributed by atoms with van der Waals surface area (Å²) < 4.78 is 1.96. The summed E-state index contributed by atoms with van der Waals surface area (Å²) in [5.41, 5.74) is 3.55. The molecule has 4 rings (SSSR count). The fraction of sp³-hybridized carbons (Fsp3) is 0.111. The fourth-order valence-corrected chi connectivity index (χ4v) is 2.72. The number of hydrogen-bond donors (Lipinski definition) is 1. The number of aromatic nitrogens is 4. The minimum Gasteiger partial charge on any atom is -0.310 e. The van der Waals surface area contributed by atoms with Crippen LogP contribution in [0.4, 0.5) is 5.95 Å². The van der Waals surface area contributed by atoms with Crippen molar-refractivity contribution in [1.29, 1.82) is 0 Å². The van der Waals surface area contributed by atoms with Gasteiger partial charge in [-0.25, -0.2) is 9.97 Å². The van der Waals surface area contributed by atoms with E-state index >= 15 is 0 Å². The molecule has 0 aliphatic carbocycles. The first-order chi connectivity index (χ1) is 11.8. The van der Waals surface area contributed by atoms with Gasteiger partial charge in [0.05, 0.1) is 28.3 Å². The molecule has 0 bridgehead atoms. The van der Waals surface area contributed by atoms with E-state index in [0.29, 0.717) is 18.0 Å². The van der Waals surface area contributed by atoms with Gasteiger partial charge in [0.25, 0.3) is 5.91 Å². The van der Waals surface area contributed by atoms with E-state index in [9.17, 15) is 4.79 Å². The number of aryl methyl sites for hydroxylation is 1. The minimum atomic E-state index is -0.321. The van der Waals surface area contributed by atoms with Crippen molar-refractivity contribution in [1.82, 2.24) is 19.5 Å². The highest BCUT2D eigenvalue weighted by atomic mass is 16.2. The lowest BCUT2D eigenvalue weighted by atomic mass is 10.3. The van der Waals surface area contributed by atoms with Crippen molar-refractivity contribution in [2.24, 2.45) is 0 Å². The van der Waals surface area contributed by atoms with Gasteiger partial charge in [-0.2, -0.15) is 0 Å². The molecular weight excluding hydrogens is 302 g/mol. The fourth-order valence-electron chi connectivity index (χ4n) is 2.72. The van der Waals surface area contributed by atoms with Crippen LogP contribution in [0.3, 0.4) is 0 Å². The van der Waals surface area contributed by atoms with Crippen molar-refractivity contribution in [3.63, 3.8) is 0 Å². The molecule has 4 aromatic rings. The maximum absolute atomic E-state index is 12.5. The Morgan fingerprint density at radius 1 is 1.00 bits per heavy atom. The van der Waals surface area contributed by atoms with Crippen molar-refractivity contribution in [3.05, 3.63) is 60.4 Å². The third-order valence-corrected chi connectivity index (χ3v) is 3.88. The summed E-state index contributed by atoms with van der Waals surface area (Å²) in [6, 6.07) is 15.2. The van der Waals surface area contributed by atoms with Crippen molar-refractivity contribution >= 4 is 33.9 Å². The van der Waals surface area contributed by atoms with E-state index in [0.717, 1.165) is 16.6 Å². The Kier molecular flexibility index (Phi) is 3.42. The van der Waals surface area contributed by atoms with Gasteiger partial charge in [-0.15, -0.1) is 0 Å². The molecule has 0 spiro atoms. The van der Waals surface area contributed by atoms with Gasteiger partial charge in [0.1, 0.15) is 5.69 Å². The largest absolute Gasteiger partial charge is 0.310 e. The van der Waals surface area contributed by atoms with Crippen molar-refractivity contribution < 1.29 is 4.79 Å². The first-order valence-corrected chi connectivity index (χ1v) is 7.74. The number of carbonyl (C=O) groups is 1. The van der Waals surface area contributed by atoms with Crippen LogP contribution in [0.2, 0.25) is 0 Å². The van der Waals surface area contributed by atoms with E-state index in [4.69, 9.17) is 0 Å². The van der Waals surface area contributed by atoms with Crippen LogP contribution in [-0.4, -0.2) is 25.4 Å². The summed E-state index contributed by atoms with van der Waals surface area (Å²) in [6.45, 7) is 2.72. The van der Waals surface area contributed by atoms with Crippen molar-refractivity contribution in [2.45, 2.75) is 13.5 Å². The lowest BCUT2D eigenvalue weighted by Crippen LogP contribution is -2.17. The van der Waals surface area contributed by atoms with Gasteiger partial charge in [-0.05, 0) is 31.2 Å². The van der Waals surface area contributed by atoms with Crippen LogP contribution in [-0.2, 0) is 6.54 Å². The highest BCUT2D eigenvalue weighted by molar-refractivity contribution is 6.03. The number of rotatable bonds is 3. The van der Waals surface area contributed by atoms with E-state index in [2.05, 4.69) is 20.3 Å². The van der Waals surface area contributed by atoms with Gasteiger partial charge in [0.15, 0.2) is 0 Å². The van der Waals surface area contributed by atoms with E-state index < -0.39 is 0 Å². The molecule has 0 fully saturated rings. The highest BCUT2D eigenvalue weighted by Crippen LogP contribution is 2.20. The number of benzene rings is 2. The Morgan fingerprint density at radius 2 is 1.71 bits per heavy atom. The summed E-state index contributed by atoms with van der Waals surface area (Å²) in [5, 5.41) is 2.84. The molecular formula is C18H15N5O. The average molecular weight is 317 g/mol. The van der Waals surface area contributed by atoms with Crippen LogP contribution in [0, 0.1) is 0 Å². The smallest absolute Gasteiger partial charge is 0.278 e. The predicted octanol–water partition coefficient (Wildman–Crippen LogP) is 3.25. The third kappa shape index (κ3) is 2.38. The number of hydrogen-bond acceptors (Lipinski definition) is 4. The molecule has 2 aromatic heterocycles. The molecule has 0 radical (unpaired) electrons. The maximum Gasteiger partial charge on any atom is 0.278 e. The number of fused-ring (bicyclic) bond motifs is 2. The van der Waals surface area contributed by atoms with Crippen LogP contribution >= 0.6 is 0 Å². The van der Waals surface area contributed by atoms with Gasteiger partial charge in [-0.1, -0.05) is 24.3 Å². The molecule has 0 atom stereocenters. The zero-order valence-electron chi connectivity index (χ0n) is 13.1. The van der Waals surface area contributed by atoms with Crippen molar-refractivity contribution in [2.75, 3.05) is 5.32 Å². The molecule has 2 heterocycles. The van der Waals surface area contributed by atoms with E-state index in [-0.39, 0.29) is 11.6 Å². The molecule has 0 saturated heterocycles. The molecule has 24 heavy (non-hydrogen) atoms. The first kappa shape index (κ1) is 14.3. The minimum absolute atomic E-state index is 0.267. The number of nitrogens with one attached hydrogen (secondary N) is 1. The predicted molar refractivity (Wildman–Crippen MR) is 92.9 cm³/mol. The summed E-state index contributed by atoms with van der Waals surface area (Å²) in [6.07, 6.45) is 1.48. The van der Waals surface area contributed by atoms with E-state index in [1.54, 1.807) is 0 Å². The number of amides is 1. The van der Waals surface area contributed by atoms with Gasteiger partial charge < -0.3 is 4.57 Å². The standard InChI is InChI=1S/C18H15N5O/c1-2-23-16-10-6-5-9-14(16)21-18(23)22-17(24)15-11-19-12-7-3-4-8-13(12)20-15/h3-11H,2H2,1H3,(H,21,22,24). The Hall–Kier alpha value is -3.28. The second-order valence-electron chi connectivity index (χ2n) is 5.37. The van der Waals surface area contributed by atoms with Gasteiger partial charge >= 0.3 is 0 Å². The van der Waals surface area contributed by atoms with Crippen LogP contribution in [0.1, 0.15) is 17.4 Å². The second kappa shape index (κ2) is 5.73. The van der Waals surface area contributed by atoms with Gasteiger partial charge in [-0.3, -0.25) is 15.1 Å². The maximum atomic E-state index is 12.5. The van der Waals surface area contributed by atoms with Crippen LogP contribution in [0.5, 0.6) is 0 Å². The third-order valence-electron chi connectivity index (χ3n) is 3.88. The molecule has 1 amide bonds. The summed E-state index contributed by atoms with van der Waals surface area (Å²) in [7, 11) is 0. The summed E-state index contributed by atoms with van der Waals surface area (Å²) >= 11 is 0. The van der Waals surface area contributed by atoms with E-state index in [1.807, 2.05) is 60.0 Å². The average Bonchev–Trinajstić information content (AvgIpc) is 2.98. The molecule has 0 aliphatic rings. The second-order valence-corrected chi connectivity index (χ2v) is 5.37. The SMILES string of the molecule is CCn1c(NC(=O)c2cnc3ccccc3n2)nc2ccccc21. The normalized spacial score (nSPS) is 11.0. The zero-order chi connectivity index (χ0) is 16.5. The topological polar surface area (TPSA) is 72.7 Å². The lowest BCUT2D eigenvalue weighted by Gasteiger charge is -2.07. The van der Waals surface area contributed by atoms with Gasteiger partial charge in [0, 0.05) is 6.54 Å². The lowest BCUT2D eigenvalue weighted by molar-refractivity contribution is 0.102. The van der Waals surface area contributed by atoms with Crippen LogP contribution in [0.15, 0.2) is 54.7 Å². The molecule has 0 saturated carbocycles.